The Balaban J connectivity index is 2.40. The molecule has 0 amide bonds. The lowest BCUT2D eigenvalue weighted by Crippen LogP contribution is -2.07. The molecule has 0 unspecified atom stereocenters. The largest absolute Gasteiger partial charge is 0.507 e. The van der Waals surface area contributed by atoms with Crippen LogP contribution in [0.1, 0.15) is 5.82 Å². The highest BCUT2D eigenvalue weighted by Gasteiger charge is 2.37. The van der Waals surface area contributed by atoms with Crippen molar-refractivity contribution in [2.45, 2.75) is 6.18 Å². The molecule has 0 atom stereocenters. The molecule has 1 aromatic heterocycles. The maximum Gasteiger partial charge on any atom is 0.455 e. The van der Waals surface area contributed by atoms with Crippen molar-refractivity contribution in [3.63, 3.8) is 0 Å². The van der Waals surface area contributed by atoms with Crippen LogP contribution in [0.4, 0.5) is 13.2 Å². The molecule has 2 aromatic rings. The summed E-state index contributed by atoms with van der Waals surface area (Å²) in [6.07, 6.45) is -4.69. The number of aromatic nitrogens is 2. The molecule has 18 heavy (non-hydrogen) atoms. The Morgan fingerprint density at radius 2 is 2.06 bits per heavy atom. The van der Waals surface area contributed by atoms with Crippen molar-refractivity contribution in [1.82, 2.24) is 10.1 Å². The second-order valence-electron chi connectivity index (χ2n) is 3.30. The minimum Gasteiger partial charge on any atom is -0.507 e. The van der Waals surface area contributed by atoms with Gasteiger partial charge in [-0.1, -0.05) is 5.16 Å². The highest BCUT2D eigenvalue weighted by Crippen LogP contribution is 2.33. The topological polar surface area (TPSA) is 68.4 Å². The summed E-state index contributed by atoms with van der Waals surface area (Å²) < 4.78 is 46.1. The summed E-state index contributed by atoms with van der Waals surface area (Å²) in [6, 6.07) is 4.00. The van der Waals surface area contributed by atoms with Crippen LogP contribution in [0.2, 0.25) is 0 Å². The second kappa shape index (κ2) is 4.21. The van der Waals surface area contributed by atoms with Gasteiger partial charge < -0.3 is 14.4 Å². The zero-order chi connectivity index (χ0) is 13.3. The van der Waals surface area contributed by atoms with Crippen molar-refractivity contribution in [3.8, 4) is 23.0 Å². The van der Waals surface area contributed by atoms with Gasteiger partial charge in [0.1, 0.15) is 11.5 Å². The van der Waals surface area contributed by atoms with Crippen LogP contribution in [0.25, 0.3) is 11.5 Å². The van der Waals surface area contributed by atoms with Crippen LogP contribution in [-0.2, 0) is 6.18 Å². The molecule has 0 saturated heterocycles. The third-order valence-electron chi connectivity index (χ3n) is 2.11. The van der Waals surface area contributed by atoms with Gasteiger partial charge in [-0.2, -0.15) is 18.2 Å². The van der Waals surface area contributed by atoms with Gasteiger partial charge in [0.15, 0.2) is 0 Å². The second-order valence-corrected chi connectivity index (χ2v) is 3.30. The Kier molecular flexibility index (Phi) is 2.85. The number of hydrogen-bond donors (Lipinski definition) is 1. The summed E-state index contributed by atoms with van der Waals surface area (Å²) in [4.78, 5) is 3.16. The molecule has 0 saturated carbocycles. The Bertz CT molecular complexity index is 566. The Morgan fingerprint density at radius 3 is 2.56 bits per heavy atom. The van der Waals surface area contributed by atoms with E-state index in [0.717, 1.165) is 0 Å². The number of rotatable bonds is 2. The standard InChI is InChI=1S/C10H7F3N2O3/c1-17-5-2-3-6(7(16)4-5)8-14-9(15-18-8)10(11,12)13/h2-4,16H,1H3. The van der Waals surface area contributed by atoms with E-state index in [0.29, 0.717) is 5.75 Å². The van der Waals surface area contributed by atoms with Gasteiger partial charge in [0, 0.05) is 6.07 Å². The van der Waals surface area contributed by atoms with Crippen LogP contribution in [-0.4, -0.2) is 22.4 Å². The molecular formula is C10H7F3N2O3. The van der Waals surface area contributed by atoms with E-state index < -0.39 is 17.9 Å². The van der Waals surface area contributed by atoms with Gasteiger partial charge in [0.25, 0.3) is 11.7 Å². The summed E-state index contributed by atoms with van der Waals surface area (Å²) in [5, 5.41) is 12.4. The summed E-state index contributed by atoms with van der Waals surface area (Å²) in [6.45, 7) is 0. The summed E-state index contributed by atoms with van der Waals surface area (Å²) >= 11 is 0. The van der Waals surface area contributed by atoms with Gasteiger partial charge in [-0.15, -0.1) is 0 Å². The third kappa shape index (κ3) is 2.22. The maximum absolute atomic E-state index is 12.3. The van der Waals surface area contributed by atoms with Crippen LogP contribution in [0.3, 0.4) is 0 Å². The molecule has 0 spiro atoms. The Labute approximate surface area is 98.8 Å². The van der Waals surface area contributed by atoms with E-state index >= 15 is 0 Å². The predicted molar refractivity (Wildman–Crippen MR) is 53.0 cm³/mol. The van der Waals surface area contributed by atoms with Crippen LogP contribution in [0.5, 0.6) is 11.5 Å². The molecule has 8 heteroatoms. The molecule has 0 aliphatic rings. The lowest BCUT2D eigenvalue weighted by Gasteiger charge is -2.02. The SMILES string of the molecule is COc1ccc(-c2nc(C(F)(F)F)no2)c(O)c1. The van der Waals surface area contributed by atoms with Crippen LogP contribution < -0.4 is 4.74 Å². The number of hydrogen-bond acceptors (Lipinski definition) is 5. The van der Waals surface area contributed by atoms with E-state index in [4.69, 9.17) is 4.74 Å². The molecule has 0 radical (unpaired) electrons. The fourth-order valence-corrected chi connectivity index (χ4v) is 1.27. The molecule has 1 heterocycles. The minimum absolute atomic E-state index is 0.00111. The average Bonchev–Trinajstić information content (AvgIpc) is 2.77. The number of nitrogens with zero attached hydrogens (tertiary/aromatic N) is 2. The van der Waals surface area contributed by atoms with E-state index in [1.54, 1.807) is 0 Å². The highest BCUT2D eigenvalue weighted by atomic mass is 19.4. The average molecular weight is 260 g/mol. The molecule has 0 aliphatic heterocycles. The quantitative estimate of drug-likeness (QED) is 0.898. The fourth-order valence-electron chi connectivity index (χ4n) is 1.27. The first-order chi connectivity index (χ1) is 8.41. The van der Waals surface area contributed by atoms with Crippen molar-refractivity contribution < 1.29 is 27.5 Å². The molecule has 1 aromatic carbocycles. The lowest BCUT2D eigenvalue weighted by atomic mass is 10.2. The molecule has 96 valence electrons. The Morgan fingerprint density at radius 1 is 1.33 bits per heavy atom. The van der Waals surface area contributed by atoms with Gasteiger partial charge in [0.05, 0.1) is 12.7 Å². The maximum atomic E-state index is 12.3. The van der Waals surface area contributed by atoms with Gasteiger partial charge in [-0.3, -0.25) is 0 Å². The highest BCUT2D eigenvalue weighted by molar-refractivity contribution is 5.63. The van der Waals surface area contributed by atoms with E-state index in [2.05, 4.69) is 14.7 Å². The van der Waals surface area contributed by atoms with E-state index in [1.807, 2.05) is 0 Å². The Hall–Kier alpha value is -2.25. The first-order valence-electron chi connectivity index (χ1n) is 4.70. The van der Waals surface area contributed by atoms with Crippen molar-refractivity contribution in [2.24, 2.45) is 0 Å². The van der Waals surface area contributed by atoms with E-state index in [9.17, 15) is 18.3 Å². The monoisotopic (exact) mass is 260 g/mol. The molecule has 0 bridgehead atoms. The number of ether oxygens (including phenoxy) is 1. The molecule has 2 rings (SSSR count). The van der Waals surface area contributed by atoms with Crippen LogP contribution in [0.15, 0.2) is 22.7 Å². The van der Waals surface area contributed by atoms with Crippen molar-refractivity contribution >= 4 is 0 Å². The van der Waals surface area contributed by atoms with Crippen molar-refractivity contribution in [3.05, 3.63) is 24.0 Å². The number of aromatic hydroxyl groups is 1. The van der Waals surface area contributed by atoms with Crippen LogP contribution in [0, 0.1) is 0 Å². The van der Waals surface area contributed by atoms with Gasteiger partial charge >= 0.3 is 6.18 Å². The number of benzene rings is 1. The number of phenols is 1. The summed E-state index contributed by atoms with van der Waals surface area (Å²) in [7, 11) is 1.39. The first kappa shape index (κ1) is 12.2. The number of alkyl halides is 3. The molecule has 5 nitrogen and oxygen atoms in total. The van der Waals surface area contributed by atoms with Crippen molar-refractivity contribution in [2.75, 3.05) is 7.11 Å². The molecule has 1 N–H and O–H groups in total. The lowest BCUT2D eigenvalue weighted by molar-refractivity contribution is -0.146. The van der Waals surface area contributed by atoms with E-state index in [1.165, 1.54) is 25.3 Å². The molecular weight excluding hydrogens is 253 g/mol. The number of halogens is 3. The van der Waals surface area contributed by atoms with Gasteiger partial charge in [0.2, 0.25) is 0 Å². The van der Waals surface area contributed by atoms with Gasteiger partial charge in [-0.25, -0.2) is 0 Å². The first-order valence-corrected chi connectivity index (χ1v) is 4.70. The molecule has 0 aliphatic carbocycles. The number of methoxy groups -OCH3 is 1. The molecule has 0 fully saturated rings. The van der Waals surface area contributed by atoms with Crippen molar-refractivity contribution in [1.29, 1.82) is 0 Å². The number of phenolic OH excluding ortho intramolecular Hbond substituents is 1. The third-order valence-corrected chi connectivity index (χ3v) is 2.11. The summed E-state index contributed by atoms with van der Waals surface area (Å²) in [5.41, 5.74) is -0.00111. The minimum atomic E-state index is -4.69. The zero-order valence-corrected chi connectivity index (χ0v) is 9.02. The normalized spacial score (nSPS) is 11.6. The smallest absolute Gasteiger partial charge is 0.455 e. The fraction of sp³-hybridized carbons (Fsp3) is 0.200. The van der Waals surface area contributed by atoms with E-state index in [-0.39, 0.29) is 11.3 Å². The van der Waals surface area contributed by atoms with Gasteiger partial charge in [-0.05, 0) is 12.1 Å². The predicted octanol–water partition coefficient (Wildman–Crippen LogP) is 2.47. The zero-order valence-electron chi connectivity index (χ0n) is 9.02. The summed E-state index contributed by atoms with van der Waals surface area (Å²) in [5.74, 6) is -1.77. The van der Waals surface area contributed by atoms with Crippen LogP contribution >= 0.6 is 0 Å².